The molecular weight excluding hydrogens is 488 g/mol. The van der Waals surface area contributed by atoms with Crippen LogP contribution in [0.4, 0.5) is 5.69 Å². The Morgan fingerprint density at radius 3 is 2.38 bits per heavy atom. The van der Waals surface area contributed by atoms with Crippen molar-refractivity contribution >= 4 is 37.5 Å². The van der Waals surface area contributed by atoms with E-state index in [1.165, 1.54) is 4.31 Å². The molecule has 0 radical (unpaired) electrons. The number of para-hydroxylation sites is 1. The van der Waals surface area contributed by atoms with Crippen molar-refractivity contribution in [3.05, 3.63) is 94.5 Å². The number of carbonyl (C=O) groups excluding carboxylic acids is 1. The molecule has 0 aliphatic carbocycles. The lowest BCUT2D eigenvalue weighted by molar-refractivity contribution is -0.119. The Labute approximate surface area is 197 Å². The van der Waals surface area contributed by atoms with Crippen molar-refractivity contribution in [1.82, 2.24) is 4.31 Å². The van der Waals surface area contributed by atoms with Crippen molar-refractivity contribution in [2.24, 2.45) is 0 Å². The maximum absolute atomic E-state index is 13.5. The van der Waals surface area contributed by atoms with E-state index in [1.54, 1.807) is 29.2 Å². The van der Waals surface area contributed by atoms with Crippen LogP contribution in [0.25, 0.3) is 0 Å². The fraction of sp³-hybridized carbons (Fsp3) is 0.240. The molecule has 0 N–H and O–H groups in total. The molecule has 0 spiro atoms. The average Bonchev–Trinajstić information content (AvgIpc) is 3.13. The molecule has 0 unspecified atom stereocenters. The molecule has 166 valence electrons. The third-order valence-electron chi connectivity index (χ3n) is 5.73. The fourth-order valence-electron chi connectivity index (χ4n) is 4.11. The first-order chi connectivity index (χ1) is 15.4. The lowest BCUT2D eigenvalue weighted by Crippen LogP contribution is -2.45. The Morgan fingerprint density at radius 1 is 1.00 bits per heavy atom. The highest BCUT2D eigenvalue weighted by Crippen LogP contribution is 2.32. The third-order valence-corrected chi connectivity index (χ3v) is 8.12. The van der Waals surface area contributed by atoms with Gasteiger partial charge in [0.25, 0.3) is 0 Å². The molecule has 1 atom stereocenters. The number of amides is 1. The summed E-state index contributed by atoms with van der Waals surface area (Å²) >= 11 is 3.35. The van der Waals surface area contributed by atoms with Crippen molar-refractivity contribution in [2.75, 3.05) is 18.0 Å². The predicted octanol–water partition coefficient (Wildman–Crippen LogP) is 4.66. The fourth-order valence-corrected chi connectivity index (χ4v) is 5.77. The summed E-state index contributed by atoms with van der Waals surface area (Å²) in [7, 11) is -3.84. The summed E-state index contributed by atoms with van der Waals surface area (Å²) < 4.78 is 29.1. The normalized spacial score (nSPS) is 15.7. The zero-order valence-corrected chi connectivity index (χ0v) is 20.2. The first kappa shape index (κ1) is 22.7. The summed E-state index contributed by atoms with van der Waals surface area (Å²) in [6, 6.07) is 24.0. The molecule has 1 amide bonds. The quantitative estimate of drug-likeness (QED) is 0.462. The molecule has 7 heteroatoms. The van der Waals surface area contributed by atoms with Gasteiger partial charge in [0.1, 0.15) is 0 Å². The average molecular weight is 513 g/mol. The van der Waals surface area contributed by atoms with Crippen LogP contribution in [-0.4, -0.2) is 37.8 Å². The maximum atomic E-state index is 13.5. The molecule has 5 nitrogen and oxygen atoms in total. The number of fused-ring (bicyclic) bond motifs is 1. The predicted molar refractivity (Wildman–Crippen MR) is 130 cm³/mol. The van der Waals surface area contributed by atoms with Crippen LogP contribution in [0, 0.1) is 0 Å². The molecule has 0 saturated heterocycles. The lowest BCUT2D eigenvalue weighted by Gasteiger charge is -2.27. The highest BCUT2D eigenvalue weighted by Gasteiger charge is 2.34. The summed E-state index contributed by atoms with van der Waals surface area (Å²) in [5.74, 6) is -0.212. The monoisotopic (exact) mass is 512 g/mol. The number of halogens is 1. The topological polar surface area (TPSA) is 57.7 Å². The van der Waals surface area contributed by atoms with Gasteiger partial charge in [0, 0.05) is 22.7 Å². The number of carbonyl (C=O) groups is 1. The second kappa shape index (κ2) is 9.57. The number of rotatable bonds is 7. The van der Waals surface area contributed by atoms with Crippen molar-refractivity contribution in [2.45, 2.75) is 30.7 Å². The van der Waals surface area contributed by atoms with Gasteiger partial charge >= 0.3 is 0 Å². The Hall–Kier alpha value is -2.48. The molecule has 0 aromatic heterocycles. The van der Waals surface area contributed by atoms with Crippen LogP contribution in [0.3, 0.4) is 0 Å². The highest BCUT2D eigenvalue weighted by atomic mass is 79.9. The number of benzene rings is 3. The van der Waals surface area contributed by atoms with Gasteiger partial charge < -0.3 is 4.90 Å². The first-order valence-corrected chi connectivity index (χ1v) is 12.8. The molecule has 0 bridgehead atoms. The molecule has 3 aromatic rings. The van der Waals surface area contributed by atoms with Gasteiger partial charge in [0.2, 0.25) is 15.9 Å². The van der Waals surface area contributed by atoms with E-state index in [4.69, 9.17) is 0 Å². The number of anilines is 1. The van der Waals surface area contributed by atoms with Gasteiger partial charge in [-0.15, -0.1) is 0 Å². The van der Waals surface area contributed by atoms with Crippen molar-refractivity contribution in [1.29, 1.82) is 0 Å². The molecule has 0 fully saturated rings. The van der Waals surface area contributed by atoms with Gasteiger partial charge in [0.05, 0.1) is 11.4 Å². The number of nitrogens with zero attached hydrogens (tertiary/aromatic N) is 2. The second-order valence-corrected chi connectivity index (χ2v) is 10.8. The molecule has 1 heterocycles. The summed E-state index contributed by atoms with van der Waals surface area (Å²) in [4.78, 5) is 15.3. The lowest BCUT2D eigenvalue weighted by atomic mass is 10.1. The van der Waals surface area contributed by atoms with E-state index >= 15 is 0 Å². The minimum atomic E-state index is -3.84. The molecular formula is C25H25BrN2O3S. The van der Waals surface area contributed by atoms with Gasteiger partial charge in [-0.2, -0.15) is 4.31 Å². The van der Waals surface area contributed by atoms with E-state index in [-0.39, 0.29) is 29.9 Å². The van der Waals surface area contributed by atoms with Crippen LogP contribution in [0.5, 0.6) is 0 Å². The molecule has 1 aliphatic rings. The zero-order valence-electron chi connectivity index (χ0n) is 17.8. The molecule has 0 saturated carbocycles. The van der Waals surface area contributed by atoms with Gasteiger partial charge in [0.15, 0.2) is 0 Å². The Balaban J connectivity index is 1.61. The Kier molecular flexibility index (Phi) is 6.79. The maximum Gasteiger partial charge on any atom is 0.243 e. The van der Waals surface area contributed by atoms with Crippen LogP contribution in [-0.2, 0) is 27.7 Å². The van der Waals surface area contributed by atoms with Crippen molar-refractivity contribution in [3.63, 3.8) is 0 Å². The van der Waals surface area contributed by atoms with E-state index in [0.29, 0.717) is 6.42 Å². The number of hydrogen-bond acceptors (Lipinski definition) is 3. The van der Waals surface area contributed by atoms with Gasteiger partial charge in [-0.1, -0.05) is 64.5 Å². The Bertz CT molecular complexity index is 1200. The van der Waals surface area contributed by atoms with Crippen molar-refractivity contribution < 1.29 is 13.2 Å². The van der Waals surface area contributed by atoms with Crippen LogP contribution in [0.15, 0.2) is 88.2 Å². The van der Waals surface area contributed by atoms with Gasteiger partial charge in [-0.25, -0.2) is 8.42 Å². The van der Waals surface area contributed by atoms with E-state index in [9.17, 15) is 13.2 Å². The van der Waals surface area contributed by atoms with E-state index in [2.05, 4.69) is 15.9 Å². The van der Waals surface area contributed by atoms with E-state index < -0.39 is 10.0 Å². The van der Waals surface area contributed by atoms with Gasteiger partial charge in [-0.3, -0.25) is 4.79 Å². The van der Waals surface area contributed by atoms with Crippen LogP contribution < -0.4 is 4.90 Å². The van der Waals surface area contributed by atoms with Crippen LogP contribution in [0.1, 0.15) is 18.1 Å². The summed E-state index contributed by atoms with van der Waals surface area (Å²) in [5, 5.41) is 0. The van der Waals surface area contributed by atoms with Crippen LogP contribution in [0.2, 0.25) is 0 Å². The zero-order chi connectivity index (χ0) is 22.7. The Morgan fingerprint density at radius 2 is 1.66 bits per heavy atom. The third kappa shape index (κ3) is 4.80. The summed E-state index contributed by atoms with van der Waals surface area (Å²) in [6.45, 7) is 2.01. The molecule has 4 rings (SSSR count). The summed E-state index contributed by atoms with van der Waals surface area (Å²) in [6.07, 6.45) is 1.29. The standard InChI is InChI=1S/C25H25BrN2O3S/c1-19-17-21-9-5-6-10-24(21)28(19)25(29)18-27(16-15-20-7-3-2-4-8-20)32(30,31)23-13-11-22(26)12-14-23/h2-14,19H,15-18H2,1H3/t19-/m1/s1. The molecule has 32 heavy (non-hydrogen) atoms. The van der Waals surface area contributed by atoms with Crippen LogP contribution >= 0.6 is 15.9 Å². The minimum Gasteiger partial charge on any atom is -0.308 e. The van der Waals surface area contributed by atoms with Crippen molar-refractivity contribution in [3.8, 4) is 0 Å². The van der Waals surface area contributed by atoms with E-state index in [1.807, 2.05) is 61.5 Å². The largest absolute Gasteiger partial charge is 0.308 e. The number of sulfonamides is 1. The first-order valence-electron chi connectivity index (χ1n) is 10.6. The van der Waals surface area contributed by atoms with E-state index in [0.717, 1.165) is 27.7 Å². The van der Waals surface area contributed by atoms with Gasteiger partial charge in [-0.05, 0) is 61.2 Å². The summed E-state index contributed by atoms with van der Waals surface area (Å²) in [5.41, 5.74) is 3.00. The SMILES string of the molecule is C[C@@H]1Cc2ccccc2N1C(=O)CN(CCc1ccccc1)S(=O)(=O)c1ccc(Br)cc1. The number of hydrogen-bond donors (Lipinski definition) is 0. The smallest absolute Gasteiger partial charge is 0.243 e. The minimum absolute atomic E-state index is 0.00809. The molecule has 1 aliphatic heterocycles. The highest BCUT2D eigenvalue weighted by molar-refractivity contribution is 9.10. The second-order valence-electron chi connectivity index (χ2n) is 7.97. The molecule has 3 aromatic carbocycles.